The van der Waals surface area contributed by atoms with Gasteiger partial charge >= 0.3 is 5.97 Å². The highest BCUT2D eigenvalue weighted by Crippen LogP contribution is 2.37. The number of aromatic nitrogens is 5. The highest BCUT2D eigenvalue weighted by Gasteiger charge is 2.26. The molecule has 2 unspecified atom stereocenters. The Morgan fingerprint density at radius 2 is 1.86 bits per heavy atom. The number of methoxy groups -OCH3 is 2. The smallest absolute Gasteiger partial charge is 0.338 e. The minimum atomic E-state index is -1.10. The Labute approximate surface area is 246 Å². The first-order valence-electron chi connectivity index (χ1n) is 14.0. The zero-order valence-corrected chi connectivity index (χ0v) is 23.6. The molecule has 6 aromatic rings. The summed E-state index contributed by atoms with van der Waals surface area (Å²) in [7, 11) is 2.90. The summed E-state index contributed by atoms with van der Waals surface area (Å²) >= 11 is 0. The fourth-order valence-electron chi connectivity index (χ4n) is 6.02. The molecule has 2 aromatic carbocycles. The van der Waals surface area contributed by atoms with Crippen LogP contribution in [0.1, 0.15) is 34.0 Å². The number of carbonyl (C=O) groups is 1. The summed E-state index contributed by atoms with van der Waals surface area (Å²) in [6.07, 6.45) is 3.39. The van der Waals surface area contributed by atoms with Gasteiger partial charge in [-0.3, -0.25) is 4.98 Å². The van der Waals surface area contributed by atoms with Crippen molar-refractivity contribution in [3.63, 3.8) is 0 Å². The number of hydrogen-bond donors (Lipinski definition) is 2. The SMILES string of the molecule is COC(=O)c1cc(OC)c2c(c1)nc1n2Cc2cncc(c2)-c2ccccc2C(O)C(O)CCn2c-1cc1cccnc12. The minimum absolute atomic E-state index is 0.261. The molecule has 216 valence electrons. The van der Waals surface area contributed by atoms with Gasteiger partial charge in [0.25, 0.3) is 0 Å². The average molecular weight is 576 g/mol. The lowest BCUT2D eigenvalue weighted by Gasteiger charge is -2.23. The fraction of sp³-hybridized carbons (Fsp3) is 0.212. The molecule has 0 amide bonds. The van der Waals surface area contributed by atoms with Gasteiger partial charge in [-0.25, -0.2) is 14.8 Å². The molecule has 0 aliphatic carbocycles. The van der Waals surface area contributed by atoms with E-state index in [0.29, 0.717) is 46.8 Å². The van der Waals surface area contributed by atoms with E-state index in [9.17, 15) is 15.0 Å². The van der Waals surface area contributed by atoms with Gasteiger partial charge in [0.05, 0.1) is 43.6 Å². The third-order valence-corrected chi connectivity index (χ3v) is 8.07. The molecular formula is C33H29N5O5. The number of aliphatic hydroxyl groups is 2. The van der Waals surface area contributed by atoms with Gasteiger partial charge < -0.3 is 28.8 Å². The van der Waals surface area contributed by atoms with E-state index >= 15 is 0 Å². The van der Waals surface area contributed by atoms with Crippen molar-refractivity contribution in [3.05, 3.63) is 95.9 Å². The van der Waals surface area contributed by atoms with Crippen molar-refractivity contribution < 1.29 is 24.5 Å². The van der Waals surface area contributed by atoms with Crippen LogP contribution in [0.5, 0.6) is 5.75 Å². The van der Waals surface area contributed by atoms with E-state index in [4.69, 9.17) is 14.5 Å². The Balaban J connectivity index is 1.54. The molecule has 2 bridgehead atoms. The third-order valence-electron chi connectivity index (χ3n) is 8.07. The van der Waals surface area contributed by atoms with Crippen molar-refractivity contribution in [3.8, 4) is 28.4 Å². The zero-order chi connectivity index (χ0) is 29.7. The van der Waals surface area contributed by atoms with Crippen molar-refractivity contribution in [2.24, 2.45) is 0 Å². The first-order valence-corrected chi connectivity index (χ1v) is 14.0. The molecule has 4 aromatic heterocycles. The summed E-state index contributed by atoms with van der Waals surface area (Å²) in [6, 6.07) is 18.8. The second-order valence-corrected chi connectivity index (χ2v) is 10.6. The summed E-state index contributed by atoms with van der Waals surface area (Å²) in [5.74, 6) is 0.619. The molecule has 7 rings (SSSR count). The van der Waals surface area contributed by atoms with E-state index < -0.39 is 18.2 Å². The number of aliphatic hydroxyl groups excluding tert-OH is 2. The quantitative estimate of drug-likeness (QED) is 0.283. The molecule has 43 heavy (non-hydrogen) atoms. The molecule has 0 saturated heterocycles. The van der Waals surface area contributed by atoms with E-state index in [2.05, 4.69) is 14.5 Å². The van der Waals surface area contributed by atoms with E-state index in [1.807, 2.05) is 53.1 Å². The lowest BCUT2D eigenvalue weighted by atomic mass is 9.93. The van der Waals surface area contributed by atoms with Crippen LogP contribution in [0.2, 0.25) is 0 Å². The molecule has 0 radical (unpaired) electrons. The van der Waals surface area contributed by atoms with Gasteiger partial charge in [0, 0.05) is 36.1 Å². The third kappa shape index (κ3) is 4.52. The van der Waals surface area contributed by atoms with Gasteiger partial charge in [0.15, 0.2) is 5.82 Å². The summed E-state index contributed by atoms with van der Waals surface area (Å²) in [6.45, 7) is 0.764. The summed E-state index contributed by atoms with van der Waals surface area (Å²) < 4.78 is 14.9. The van der Waals surface area contributed by atoms with Gasteiger partial charge in [-0.05, 0) is 59.5 Å². The number of pyridine rings is 2. The highest BCUT2D eigenvalue weighted by atomic mass is 16.5. The molecule has 10 nitrogen and oxygen atoms in total. The number of carbonyl (C=O) groups excluding carboxylic acids is 1. The number of benzene rings is 2. The molecule has 0 fully saturated rings. The number of imidazole rings is 1. The number of ether oxygens (including phenoxy) is 2. The fourth-order valence-corrected chi connectivity index (χ4v) is 6.02. The Bertz CT molecular complexity index is 2010. The minimum Gasteiger partial charge on any atom is -0.494 e. The van der Waals surface area contributed by atoms with Crippen molar-refractivity contribution in [2.75, 3.05) is 14.2 Å². The lowest BCUT2D eigenvalue weighted by Crippen LogP contribution is -2.21. The van der Waals surface area contributed by atoms with Crippen molar-refractivity contribution in [2.45, 2.75) is 31.7 Å². The molecule has 0 saturated carbocycles. The molecular weight excluding hydrogens is 546 g/mol. The highest BCUT2D eigenvalue weighted by molar-refractivity contribution is 5.97. The van der Waals surface area contributed by atoms with Crippen LogP contribution in [-0.4, -0.2) is 60.6 Å². The Kier molecular flexibility index (Phi) is 6.64. The standard InChI is InChI=1S/C33H29N5O5/c1-42-28-15-21(33(41)43-2)13-25-29(28)38-18-19-12-22(17-34-16-19)23-7-3-4-8-24(23)30(40)27(39)9-11-37-26(32(38)36-25)14-20-6-5-10-35-31(20)37/h3-8,10,12-17,27,30,39-40H,9,11,18H2,1-2H3. The Hall–Kier alpha value is -5.06. The largest absolute Gasteiger partial charge is 0.494 e. The van der Waals surface area contributed by atoms with Gasteiger partial charge in [-0.15, -0.1) is 0 Å². The maximum Gasteiger partial charge on any atom is 0.338 e. The topological polar surface area (TPSA) is 125 Å². The predicted octanol–water partition coefficient (Wildman–Crippen LogP) is 4.76. The van der Waals surface area contributed by atoms with Crippen molar-refractivity contribution in [1.29, 1.82) is 0 Å². The van der Waals surface area contributed by atoms with Gasteiger partial charge in [-0.2, -0.15) is 0 Å². The molecule has 0 spiro atoms. The van der Waals surface area contributed by atoms with Gasteiger partial charge in [-0.1, -0.05) is 24.3 Å². The number of nitrogens with zero attached hydrogens (tertiary/aromatic N) is 5. The number of rotatable bonds is 2. The van der Waals surface area contributed by atoms with Crippen LogP contribution in [0.3, 0.4) is 0 Å². The molecule has 1 aliphatic rings. The van der Waals surface area contributed by atoms with Crippen LogP contribution in [0.15, 0.2) is 79.3 Å². The average Bonchev–Trinajstić information content (AvgIpc) is 3.60. The first kappa shape index (κ1) is 26.8. The number of hydrogen-bond acceptors (Lipinski definition) is 8. The maximum atomic E-state index is 12.5. The van der Waals surface area contributed by atoms with Gasteiger partial charge in [0.1, 0.15) is 23.0 Å². The Morgan fingerprint density at radius 3 is 2.70 bits per heavy atom. The van der Waals surface area contributed by atoms with Crippen LogP contribution in [0.25, 0.3) is 44.7 Å². The molecule has 5 heterocycles. The van der Waals surface area contributed by atoms with E-state index in [-0.39, 0.29) is 6.42 Å². The maximum absolute atomic E-state index is 12.5. The van der Waals surface area contributed by atoms with E-state index in [1.165, 1.54) is 7.11 Å². The summed E-state index contributed by atoms with van der Waals surface area (Å²) in [5, 5.41) is 23.5. The first-order chi connectivity index (χ1) is 21.0. The normalized spacial score (nSPS) is 16.7. The molecule has 1 aliphatic heterocycles. The van der Waals surface area contributed by atoms with Crippen LogP contribution in [0.4, 0.5) is 0 Å². The summed E-state index contributed by atoms with van der Waals surface area (Å²) in [5.41, 5.74) is 6.25. The van der Waals surface area contributed by atoms with Crippen molar-refractivity contribution in [1.82, 2.24) is 24.1 Å². The predicted molar refractivity (Wildman–Crippen MR) is 161 cm³/mol. The molecule has 10 heteroatoms. The van der Waals surface area contributed by atoms with Crippen molar-refractivity contribution >= 4 is 28.0 Å². The van der Waals surface area contributed by atoms with Gasteiger partial charge in [0.2, 0.25) is 0 Å². The number of aryl methyl sites for hydroxylation is 1. The number of fused-ring (bicyclic) bond motifs is 11. The molecule has 2 atom stereocenters. The van der Waals surface area contributed by atoms with Crippen LogP contribution in [0, 0.1) is 0 Å². The number of esters is 1. The second kappa shape index (κ2) is 10.6. The van der Waals surface area contributed by atoms with Crippen LogP contribution in [-0.2, 0) is 17.8 Å². The summed E-state index contributed by atoms with van der Waals surface area (Å²) in [4.78, 5) is 26.8. The monoisotopic (exact) mass is 575 g/mol. The second-order valence-electron chi connectivity index (χ2n) is 10.6. The van der Waals surface area contributed by atoms with Crippen LogP contribution < -0.4 is 4.74 Å². The van der Waals surface area contributed by atoms with Crippen LogP contribution >= 0.6 is 0 Å². The Morgan fingerprint density at radius 1 is 1.00 bits per heavy atom. The molecule has 2 N–H and O–H groups in total. The zero-order valence-electron chi connectivity index (χ0n) is 23.6. The lowest BCUT2D eigenvalue weighted by molar-refractivity contribution is 0.0115. The van der Waals surface area contributed by atoms with E-state index in [1.54, 1.807) is 37.8 Å². The van der Waals surface area contributed by atoms with E-state index in [0.717, 1.165) is 33.4 Å².